The third-order valence-corrected chi connectivity index (χ3v) is 7.26. The van der Waals surface area contributed by atoms with Crippen molar-refractivity contribution in [2.75, 3.05) is 18.0 Å². The quantitative estimate of drug-likeness (QED) is 0.583. The van der Waals surface area contributed by atoms with Crippen LogP contribution in [0.15, 0.2) is 42.5 Å². The number of nitrogens with one attached hydrogen (secondary N) is 2. The first kappa shape index (κ1) is 24.9. The van der Waals surface area contributed by atoms with Crippen LogP contribution in [0, 0.1) is 0 Å². The fourth-order valence-electron chi connectivity index (χ4n) is 5.21. The molecule has 10 heteroatoms. The normalized spacial score (nSPS) is 20.1. The van der Waals surface area contributed by atoms with E-state index in [0.29, 0.717) is 22.4 Å². The van der Waals surface area contributed by atoms with Crippen LogP contribution in [0.3, 0.4) is 0 Å². The van der Waals surface area contributed by atoms with Gasteiger partial charge in [0.1, 0.15) is 6.04 Å². The highest BCUT2D eigenvalue weighted by atomic mass is 19.3. The Labute approximate surface area is 213 Å². The first-order valence-electron chi connectivity index (χ1n) is 12.5. The molecule has 8 nitrogen and oxygen atoms in total. The van der Waals surface area contributed by atoms with Crippen LogP contribution in [0.4, 0.5) is 14.5 Å². The monoisotopic (exact) mass is 510 g/mol. The highest BCUT2D eigenvalue weighted by Crippen LogP contribution is 2.32. The van der Waals surface area contributed by atoms with Crippen molar-refractivity contribution in [2.45, 2.75) is 57.2 Å². The van der Waals surface area contributed by atoms with Gasteiger partial charge in [0.05, 0.1) is 0 Å². The molecule has 3 heterocycles. The zero-order valence-corrected chi connectivity index (χ0v) is 20.3. The number of nitrogens with zero attached hydrogens (tertiary/aromatic N) is 2. The zero-order valence-electron chi connectivity index (χ0n) is 20.3. The maximum absolute atomic E-state index is 15.0. The first-order valence-corrected chi connectivity index (χ1v) is 12.5. The maximum atomic E-state index is 15.0. The van der Waals surface area contributed by atoms with Gasteiger partial charge in [0, 0.05) is 49.4 Å². The third kappa shape index (κ3) is 4.92. The van der Waals surface area contributed by atoms with Gasteiger partial charge >= 0.3 is 5.92 Å². The molecule has 5 rings (SSSR count). The van der Waals surface area contributed by atoms with Gasteiger partial charge in [0.15, 0.2) is 0 Å². The van der Waals surface area contributed by atoms with E-state index in [1.54, 1.807) is 30.3 Å². The van der Waals surface area contributed by atoms with Crippen LogP contribution < -0.4 is 15.5 Å². The van der Waals surface area contributed by atoms with Crippen LogP contribution in [0.25, 0.3) is 0 Å². The Morgan fingerprint density at radius 2 is 1.84 bits per heavy atom. The summed E-state index contributed by atoms with van der Waals surface area (Å²) in [6.07, 6.45) is 3.56. The number of imide groups is 1. The Morgan fingerprint density at radius 1 is 1.05 bits per heavy atom. The maximum Gasteiger partial charge on any atom is 0.349 e. The molecule has 2 aromatic carbocycles. The number of carbonyl (C=O) groups excluding carboxylic acids is 4. The molecule has 0 saturated carbocycles. The van der Waals surface area contributed by atoms with E-state index in [1.165, 1.54) is 17.0 Å². The Hall–Kier alpha value is -3.82. The number of rotatable bonds is 6. The molecule has 0 aromatic heterocycles. The third-order valence-electron chi connectivity index (χ3n) is 7.26. The van der Waals surface area contributed by atoms with E-state index in [0.717, 1.165) is 32.4 Å². The standard InChI is InChI=1S/C27H28F2N4O4/c28-27(29,19-5-4-6-20(14-19)32-11-2-1-3-12-32)26(37)30-15-17-7-8-21-18(13-17)16-33(25(21)36)22-9-10-23(34)31-24(22)35/h4-8,13-14,22H,1-3,9-12,15-16H2,(H,30,37)(H,31,34,35)/t22-/m1/s1. The number of anilines is 1. The number of amides is 4. The second kappa shape index (κ2) is 9.91. The van der Waals surface area contributed by atoms with Gasteiger partial charge in [-0.2, -0.15) is 8.78 Å². The van der Waals surface area contributed by atoms with Crippen LogP contribution in [0.1, 0.15) is 59.2 Å². The molecule has 37 heavy (non-hydrogen) atoms. The second-order valence-corrected chi connectivity index (χ2v) is 9.75. The Morgan fingerprint density at radius 3 is 2.59 bits per heavy atom. The highest BCUT2D eigenvalue weighted by Gasteiger charge is 2.42. The van der Waals surface area contributed by atoms with Gasteiger partial charge in [-0.05, 0) is 55.0 Å². The van der Waals surface area contributed by atoms with Crippen molar-refractivity contribution in [3.8, 4) is 0 Å². The highest BCUT2D eigenvalue weighted by molar-refractivity contribution is 6.05. The van der Waals surface area contributed by atoms with Gasteiger partial charge in [-0.3, -0.25) is 24.5 Å². The number of halogens is 2. The summed E-state index contributed by atoms with van der Waals surface area (Å²) in [5.41, 5.74) is 1.95. The van der Waals surface area contributed by atoms with E-state index in [9.17, 15) is 19.2 Å². The number of hydrogen-bond acceptors (Lipinski definition) is 5. The van der Waals surface area contributed by atoms with Gasteiger partial charge in [0.2, 0.25) is 11.8 Å². The van der Waals surface area contributed by atoms with Crippen LogP contribution >= 0.6 is 0 Å². The van der Waals surface area contributed by atoms with E-state index in [1.807, 2.05) is 0 Å². The molecule has 1 atom stereocenters. The molecule has 2 N–H and O–H groups in total. The molecular formula is C27H28F2N4O4. The largest absolute Gasteiger partial charge is 0.372 e. The molecule has 3 aliphatic rings. The molecule has 0 radical (unpaired) electrons. The summed E-state index contributed by atoms with van der Waals surface area (Å²) < 4.78 is 30.1. The number of fused-ring (bicyclic) bond motifs is 1. The molecule has 2 aromatic rings. The first-order chi connectivity index (χ1) is 17.7. The fraction of sp³-hybridized carbons (Fsp3) is 0.407. The molecule has 194 valence electrons. The van der Waals surface area contributed by atoms with Crippen molar-refractivity contribution in [2.24, 2.45) is 0 Å². The summed E-state index contributed by atoms with van der Waals surface area (Å²) in [5.74, 6) is -6.29. The Bertz CT molecular complexity index is 1260. The van der Waals surface area contributed by atoms with Crippen LogP contribution in [-0.4, -0.2) is 47.7 Å². The van der Waals surface area contributed by atoms with Crippen molar-refractivity contribution in [1.29, 1.82) is 0 Å². The van der Waals surface area contributed by atoms with Gasteiger partial charge in [-0.15, -0.1) is 0 Å². The fourth-order valence-corrected chi connectivity index (χ4v) is 5.21. The predicted molar refractivity (Wildman–Crippen MR) is 131 cm³/mol. The van der Waals surface area contributed by atoms with Crippen molar-refractivity contribution in [1.82, 2.24) is 15.5 Å². The minimum atomic E-state index is -3.71. The molecule has 0 aliphatic carbocycles. The number of piperidine rings is 2. The summed E-state index contributed by atoms with van der Waals surface area (Å²) in [6, 6.07) is 10.1. The minimum absolute atomic E-state index is 0.139. The summed E-state index contributed by atoms with van der Waals surface area (Å²) in [7, 11) is 0. The molecule has 2 saturated heterocycles. The van der Waals surface area contributed by atoms with Crippen molar-refractivity contribution >= 4 is 29.3 Å². The van der Waals surface area contributed by atoms with Crippen molar-refractivity contribution in [3.63, 3.8) is 0 Å². The number of carbonyl (C=O) groups is 4. The average molecular weight is 511 g/mol. The number of hydrogen-bond donors (Lipinski definition) is 2. The van der Waals surface area contributed by atoms with Crippen molar-refractivity contribution < 1.29 is 28.0 Å². The SMILES string of the molecule is O=C1CC[C@@H](N2Cc3cc(CNC(=O)C(F)(F)c4cccc(N5CCCCC5)c4)ccc3C2=O)C(=O)N1. The van der Waals surface area contributed by atoms with Crippen LogP contribution in [0.5, 0.6) is 0 Å². The lowest BCUT2D eigenvalue weighted by molar-refractivity contribution is -0.147. The summed E-state index contributed by atoms with van der Waals surface area (Å²) in [4.78, 5) is 52.5. The Balaban J connectivity index is 1.24. The van der Waals surface area contributed by atoms with Gasteiger partial charge in [-0.1, -0.05) is 24.3 Å². The van der Waals surface area contributed by atoms with E-state index in [-0.39, 0.29) is 43.3 Å². The predicted octanol–water partition coefficient (Wildman–Crippen LogP) is 2.85. The van der Waals surface area contributed by atoms with Crippen LogP contribution in [-0.2, 0) is 33.4 Å². The molecule has 0 unspecified atom stereocenters. The van der Waals surface area contributed by atoms with Crippen LogP contribution in [0.2, 0.25) is 0 Å². The topological polar surface area (TPSA) is 98.8 Å². The second-order valence-electron chi connectivity index (χ2n) is 9.75. The molecule has 3 aliphatic heterocycles. The van der Waals surface area contributed by atoms with Gasteiger partial charge < -0.3 is 15.1 Å². The van der Waals surface area contributed by atoms with E-state index in [2.05, 4.69) is 15.5 Å². The molecule has 2 fully saturated rings. The minimum Gasteiger partial charge on any atom is -0.372 e. The molecule has 0 bridgehead atoms. The lowest BCUT2D eigenvalue weighted by Crippen LogP contribution is -2.52. The summed E-state index contributed by atoms with van der Waals surface area (Å²) in [6.45, 7) is 1.65. The van der Waals surface area contributed by atoms with E-state index in [4.69, 9.17) is 0 Å². The zero-order chi connectivity index (χ0) is 26.2. The molecular weight excluding hydrogens is 482 g/mol. The number of benzene rings is 2. The average Bonchev–Trinajstić information content (AvgIpc) is 3.23. The lowest BCUT2D eigenvalue weighted by Gasteiger charge is -2.29. The van der Waals surface area contributed by atoms with Gasteiger partial charge in [-0.25, -0.2) is 0 Å². The lowest BCUT2D eigenvalue weighted by atomic mass is 10.0. The van der Waals surface area contributed by atoms with Crippen molar-refractivity contribution in [3.05, 3.63) is 64.7 Å². The summed E-state index contributed by atoms with van der Waals surface area (Å²) in [5, 5.41) is 4.58. The summed E-state index contributed by atoms with van der Waals surface area (Å²) >= 11 is 0. The van der Waals surface area contributed by atoms with Gasteiger partial charge in [0.25, 0.3) is 11.8 Å². The smallest absolute Gasteiger partial charge is 0.349 e. The van der Waals surface area contributed by atoms with E-state index < -0.39 is 23.8 Å². The number of alkyl halides is 2. The molecule has 0 spiro atoms. The van der Waals surface area contributed by atoms with E-state index >= 15 is 8.78 Å². The molecule has 4 amide bonds. The Kier molecular flexibility index (Phi) is 6.66.